The summed E-state index contributed by atoms with van der Waals surface area (Å²) in [7, 11) is 0. The van der Waals surface area contributed by atoms with Gasteiger partial charge >= 0.3 is 17.1 Å². The van der Waals surface area contributed by atoms with E-state index in [1.165, 1.54) is 48.5 Å². The standard InChI is InChI=1S/C13H9Cl2N3O.C13H9ClN4O3.C12H7ClN4O4.C12H6F2N4O3/c1-7-2-3-8(14)11(6-7)16-10-5-4-9(15)12-13(10)18-19-17-12;1-7-2-3-8(14)6-10(7)15-9-4-5-11(18(19)20)13-12(9)16-21-17-13;13-6-1-4-10(18)8(5-6)14-7-2-3-9(17(19)20)12-11(7)15-21-16-12;13-6-1-2-7(14)9(5-6)15-8-3-4-10(18(19)20)12-11(8)16-21-17-12/h2-6,16H,1H3;2-6,15H,1H3;1-5,14,18H;1-5,15H. The van der Waals surface area contributed by atoms with Crippen molar-refractivity contribution in [1.29, 1.82) is 0 Å². The minimum absolute atomic E-state index is 0.0199. The van der Waals surface area contributed by atoms with Crippen molar-refractivity contribution in [3.8, 4) is 5.75 Å². The van der Waals surface area contributed by atoms with Gasteiger partial charge in [-0.3, -0.25) is 30.3 Å². The molecule has 4 heterocycles. The molecule has 0 saturated heterocycles. The molecule has 0 bridgehead atoms. The van der Waals surface area contributed by atoms with Crippen LogP contribution in [0.4, 0.5) is 71.3 Å². The molecule has 5 N–H and O–H groups in total. The van der Waals surface area contributed by atoms with Crippen molar-refractivity contribution in [2.24, 2.45) is 0 Å². The maximum Gasteiger partial charge on any atom is 0.300 e. The third-order valence-corrected chi connectivity index (χ3v) is 12.5. The van der Waals surface area contributed by atoms with Crippen LogP contribution in [-0.2, 0) is 0 Å². The number of fused-ring (bicyclic) bond motifs is 4. The van der Waals surface area contributed by atoms with Crippen molar-refractivity contribution >= 4 is 153 Å². The maximum absolute atomic E-state index is 13.6. The van der Waals surface area contributed by atoms with E-state index >= 15 is 0 Å². The number of non-ortho nitro benzene ring substituents is 3. The van der Waals surface area contributed by atoms with Gasteiger partial charge in [-0.25, -0.2) is 27.3 Å². The van der Waals surface area contributed by atoms with Crippen molar-refractivity contribution in [3.63, 3.8) is 0 Å². The Morgan fingerprint density at radius 2 is 0.817 bits per heavy atom. The molecule has 0 aliphatic rings. The van der Waals surface area contributed by atoms with Crippen LogP contribution in [0.1, 0.15) is 11.1 Å². The van der Waals surface area contributed by atoms with E-state index in [1.807, 2.05) is 44.2 Å². The lowest BCUT2D eigenvalue weighted by Gasteiger charge is -2.09. The third-order valence-electron chi connectivity index (χ3n) is 11.4. The molecule has 0 radical (unpaired) electrons. The smallest absolute Gasteiger partial charge is 0.300 e. The number of nitrogens with one attached hydrogen (secondary N) is 4. The fourth-order valence-corrected chi connectivity index (χ4v) is 8.18. The monoisotopic (exact) mass is 1200 g/mol. The molecule has 32 heteroatoms. The van der Waals surface area contributed by atoms with Gasteiger partial charge in [-0.05, 0) is 151 Å². The second-order valence-electron chi connectivity index (χ2n) is 16.8. The van der Waals surface area contributed by atoms with Crippen LogP contribution in [0.5, 0.6) is 5.75 Å². The lowest BCUT2D eigenvalue weighted by atomic mass is 10.1. The Bertz CT molecular complexity index is 4080. The number of phenols is 1. The Hall–Kier alpha value is -10.4. The number of anilines is 8. The van der Waals surface area contributed by atoms with Crippen molar-refractivity contribution in [1.82, 2.24) is 41.3 Å². The second kappa shape index (κ2) is 24.3. The van der Waals surface area contributed by atoms with Gasteiger partial charge in [0, 0.05) is 40.0 Å². The molecule has 414 valence electrons. The molecule has 0 atom stereocenters. The summed E-state index contributed by atoms with van der Waals surface area (Å²) in [5, 5.41) is 85.5. The van der Waals surface area contributed by atoms with Gasteiger partial charge in [0.2, 0.25) is 16.6 Å². The number of nitro groups is 3. The van der Waals surface area contributed by atoms with Gasteiger partial charge in [0.1, 0.15) is 17.4 Å². The first-order chi connectivity index (χ1) is 39.3. The summed E-state index contributed by atoms with van der Waals surface area (Å²) in [6, 6.07) is 30.2. The van der Waals surface area contributed by atoms with E-state index in [0.29, 0.717) is 53.7 Å². The summed E-state index contributed by atoms with van der Waals surface area (Å²) < 4.78 is 45.1. The van der Waals surface area contributed by atoms with E-state index in [4.69, 9.17) is 51.0 Å². The highest BCUT2D eigenvalue weighted by atomic mass is 35.5. The largest absolute Gasteiger partial charge is 0.506 e. The van der Waals surface area contributed by atoms with E-state index in [2.05, 4.69) is 76.4 Å². The highest BCUT2D eigenvalue weighted by Gasteiger charge is 2.23. The van der Waals surface area contributed by atoms with E-state index in [0.717, 1.165) is 46.4 Å². The maximum atomic E-state index is 13.6. The average molecular weight is 1200 g/mol. The number of benzene rings is 8. The molecule has 0 amide bonds. The number of hydrogen-bond donors (Lipinski definition) is 5. The molecule has 12 aromatic rings. The molecule has 82 heavy (non-hydrogen) atoms. The predicted octanol–water partition coefficient (Wildman–Crippen LogP) is 14.8. The number of aryl methyl sites for hydroxylation is 2. The van der Waals surface area contributed by atoms with Crippen LogP contribution in [-0.4, -0.2) is 61.1 Å². The molecular weight excluding hydrogens is 1170 g/mol. The minimum Gasteiger partial charge on any atom is -0.506 e. The molecule has 0 saturated carbocycles. The summed E-state index contributed by atoms with van der Waals surface area (Å²) >= 11 is 24.0. The molecule has 0 unspecified atom stereocenters. The molecule has 12 rings (SSSR count). The summed E-state index contributed by atoms with van der Waals surface area (Å²) in [6.45, 7) is 3.92. The quantitative estimate of drug-likeness (QED) is 0.0456. The van der Waals surface area contributed by atoms with Gasteiger partial charge in [-0.2, -0.15) is 0 Å². The van der Waals surface area contributed by atoms with Crippen LogP contribution in [0.15, 0.2) is 140 Å². The topological polar surface area (TPSA) is 353 Å². The summed E-state index contributed by atoms with van der Waals surface area (Å²) in [4.78, 5) is 30.9. The van der Waals surface area contributed by atoms with Crippen molar-refractivity contribution in [2.45, 2.75) is 13.8 Å². The van der Waals surface area contributed by atoms with Crippen LogP contribution in [0.25, 0.3) is 44.1 Å². The van der Waals surface area contributed by atoms with E-state index in [1.54, 1.807) is 24.3 Å². The summed E-state index contributed by atoms with van der Waals surface area (Å²) in [5.74, 6) is -1.34. The van der Waals surface area contributed by atoms with Gasteiger partial charge in [0.25, 0.3) is 0 Å². The van der Waals surface area contributed by atoms with E-state index in [-0.39, 0.29) is 61.8 Å². The molecule has 0 fully saturated rings. The van der Waals surface area contributed by atoms with E-state index < -0.39 is 26.4 Å². The Morgan fingerprint density at radius 3 is 1.33 bits per heavy atom. The van der Waals surface area contributed by atoms with Gasteiger partial charge in [0.05, 0.1) is 64.6 Å². The van der Waals surface area contributed by atoms with Gasteiger partial charge in [0.15, 0.2) is 27.6 Å². The predicted molar refractivity (Wildman–Crippen MR) is 297 cm³/mol. The number of aromatic nitrogens is 8. The summed E-state index contributed by atoms with van der Waals surface area (Å²) in [5.41, 5.74) is 6.77. The first kappa shape index (κ1) is 56.3. The highest BCUT2D eigenvalue weighted by molar-refractivity contribution is 6.35. The molecule has 4 aromatic heterocycles. The number of aromatic hydroxyl groups is 1. The fraction of sp³-hybridized carbons (Fsp3) is 0.0400. The zero-order valence-electron chi connectivity index (χ0n) is 41.3. The molecule has 0 aliphatic carbocycles. The lowest BCUT2D eigenvalue weighted by molar-refractivity contribution is -0.383. The van der Waals surface area contributed by atoms with Crippen molar-refractivity contribution in [2.75, 3.05) is 21.3 Å². The molecule has 0 aliphatic heterocycles. The van der Waals surface area contributed by atoms with Gasteiger partial charge in [-0.15, -0.1) is 0 Å². The van der Waals surface area contributed by atoms with E-state index in [9.17, 15) is 44.2 Å². The SMILES string of the molecule is Cc1ccc(Cl)c(Nc2ccc(Cl)c3nonc23)c1.Cc1ccc(Cl)cc1Nc1ccc([N+](=O)[O-])c2nonc12.O=[N+]([O-])c1ccc(Nc2cc(Cl)ccc2O)c2nonc12.O=[N+]([O-])c1ccc(Nc2cc(F)ccc2F)c2nonc12. The molecule has 8 aromatic carbocycles. The Labute approximate surface area is 474 Å². The number of nitrogens with zero attached hydrogens (tertiary/aromatic N) is 11. The Balaban J connectivity index is 0.000000132. The third kappa shape index (κ3) is 12.5. The molecule has 26 nitrogen and oxygen atoms in total. The minimum atomic E-state index is -0.681. The number of hydrogen-bond acceptors (Lipinski definition) is 23. The normalized spacial score (nSPS) is 10.8. The van der Waals surface area contributed by atoms with Crippen molar-refractivity contribution in [3.05, 3.63) is 195 Å². The van der Waals surface area contributed by atoms with Crippen LogP contribution in [0.2, 0.25) is 20.1 Å². The first-order valence-corrected chi connectivity index (χ1v) is 24.5. The molecular formula is C50H31Cl4F2N15O11. The number of rotatable bonds is 11. The van der Waals surface area contributed by atoms with Crippen molar-refractivity contribution < 1.29 is 47.2 Å². The number of nitro benzene ring substituents is 3. The van der Waals surface area contributed by atoms with Crippen LogP contribution < -0.4 is 21.3 Å². The Kier molecular flexibility index (Phi) is 16.7. The zero-order chi connectivity index (χ0) is 58.4. The lowest BCUT2D eigenvalue weighted by Crippen LogP contribution is -1.97. The van der Waals surface area contributed by atoms with Gasteiger partial charge in [-0.1, -0.05) is 58.5 Å². The van der Waals surface area contributed by atoms with Crippen LogP contribution in [0, 0.1) is 55.8 Å². The first-order valence-electron chi connectivity index (χ1n) is 23.0. The highest BCUT2D eigenvalue weighted by Crippen LogP contribution is 2.37. The number of halogens is 6. The number of phenolic OH excluding ortho intramolecular Hbond substituents is 1. The fourth-order valence-electron chi connectivity index (χ4n) is 7.49. The Morgan fingerprint density at radius 1 is 0.415 bits per heavy atom. The van der Waals surface area contributed by atoms with Crippen LogP contribution in [0.3, 0.4) is 0 Å². The van der Waals surface area contributed by atoms with Gasteiger partial charge < -0.3 is 26.4 Å². The summed E-state index contributed by atoms with van der Waals surface area (Å²) in [6.07, 6.45) is 0. The van der Waals surface area contributed by atoms with Crippen LogP contribution >= 0.6 is 46.4 Å². The zero-order valence-corrected chi connectivity index (χ0v) is 44.3. The molecule has 0 spiro atoms. The average Bonchev–Trinajstić information content (AvgIpc) is 4.47. The second-order valence-corrected chi connectivity index (χ2v) is 18.5.